The molecule has 0 spiro atoms. The van der Waals surface area contributed by atoms with Gasteiger partial charge >= 0.3 is 0 Å². The van der Waals surface area contributed by atoms with Crippen molar-refractivity contribution in [3.63, 3.8) is 0 Å². The van der Waals surface area contributed by atoms with Crippen LogP contribution < -0.4 is 10.1 Å². The molecular formula is C19H17Cl2NO3S. The molecule has 0 unspecified atom stereocenters. The van der Waals surface area contributed by atoms with Crippen molar-refractivity contribution >= 4 is 50.5 Å². The van der Waals surface area contributed by atoms with E-state index in [1.807, 2.05) is 30.3 Å². The van der Waals surface area contributed by atoms with Gasteiger partial charge < -0.3 is 14.8 Å². The van der Waals surface area contributed by atoms with Gasteiger partial charge in [0, 0.05) is 34.0 Å². The van der Waals surface area contributed by atoms with E-state index in [1.54, 1.807) is 19.2 Å². The van der Waals surface area contributed by atoms with Crippen molar-refractivity contribution in [2.45, 2.75) is 6.61 Å². The van der Waals surface area contributed by atoms with Crippen molar-refractivity contribution in [3.05, 3.63) is 63.0 Å². The van der Waals surface area contributed by atoms with Gasteiger partial charge in [-0.05, 0) is 41.8 Å². The number of hydrogen-bond acceptors (Lipinski definition) is 4. The van der Waals surface area contributed by atoms with E-state index in [4.69, 9.17) is 32.7 Å². The van der Waals surface area contributed by atoms with E-state index in [-0.39, 0.29) is 5.91 Å². The summed E-state index contributed by atoms with van der Waals surface area (Å²) in [5.74, 6) is 0.621. The van der Waals surface area contributed by atoms with Crippen LogP contribution in [0.5, 0.6) is 5.75 Å². The Labute approximate surface area is 165 Å². The fourth-order valence-electron chi connectivity index (χ4n) is 2.37. The minimum absolute atomic E-state index is 0.0985. The van der Waals surface area contributed by atoms with Gasteiger partial charge in [-0.1, -0.05) is 29.3 Å². The van der Waals surface area contributed by atoms with E-state index < -0.39 is 0 Å². The molecule has 1 amide bonds. The number of hydrogen-bond donors (Lipinski definition) is 1. The van der Waals surface area contributed by atoms with Crippen LogP contribution in [-0.4, -0.2) is 26.2 Å². The second kappa shape index (κ2) is 8.73. The second-order valence-electron chi connectivity index (χ2n) is 5.58. The molecule has 3 aromatic rings. The fourth-order valence-corrected chi connectivity index (χ4v) is 3.84. The summed E-state index contributed by atoms with van der Waals surface area (Å²) in [5, 5.41) is 4.99. The van der Waals surface area contributed by atoms with E-state index >= 15 is 0 Å². The maximum atomic E-state index is 12.1. The number of carbonyl (C=O) groups excluding carboxylic acids is 1. The highest BCUT2D eigenvalue weighted by atomic mass is 35.5. The van der Waals surface area contributed by atoms with Gasteiger partial charge in [0.25, 0.3) is 5.91 Å². The highest BCUT2D eigenvalue weighted by Crippen LogP contribution is 2.30. The van der Waals surface area contributed by atoms with Crippen LogP contribution in [0.25, 0.3) is 10.1 Å². The molecule has 0 aliphatic heterocycles. The maximum Gasteiger partial charge on any atom is 0.261 e. The summed E-state index contributed by atoms with van der Waals surface area (Å²) in [7, 11) is 1.60. The quantitative estimate of drug-likeness (QED) is 0.547. The molecule has 4 nitrogen and oxygen atoms in total. The molecule has 136 valence electrons. The summed E-state index contributed by atoms with van der Waals surface area (Å²) in [6.07, 6.45) is 0. The van der Waals surface area contributed by atoms with Crippen molar-refractivity contribution in [3.8, 4) is 5.75 Å². The predicted octanol–water partition coefficient (Wildman–Crippen LogP) is 5.16. The lowest BCUT2D eigenvalue weighted by atomic mass is 10.2. The van der Waals surface area contributed by atoms with Gasteiger partial charge in [-0.25, -0.2) is 0 Å². The molecule has 0 saturated heterocycles. The Bertz CT molecular complexity index is 926. The average Bonchev–Trinajstić information content (AvgIpc) is 3.04. The van der Waals surface area contributed by atoms with Gasteiger partial charge in [0.1, 0.15) is 12.4 Å². The van der Waals surface area contributed by atoms with Crippen LogP contribution in [-0.2, 0) is 11.3 Å². The smallest absolute Gasteiger partial charge is 0.261 e. The SMILES string of the molecule is COCCNC(=O)c1cc2ccc(OCc3ccc(Cl)cc3Cl)cc2s1. The van der Waals surface area contributed by atoms with E-state index in [0.29, 0.717) is 34.7 Å². The monoisotopic (exact) mass is 409 g/mol. The van der Waals surface area contributed by atoms with Crippen LogP contribution in [0.15, 0.2) is 42.5 Å². The van der Waals surface area contributed by atoms with Crippen molar-refractivity contribution in [1.29, 1.82) is 0 Å². The molecule has 0 bridgehead atoms. The Hall–Kier alpha value is -1.79. The molecule has 26 heavy (non-hydrogen) atoms. The molecule has 3 rings (SSSR count). The van der Waals surface area contributed by atoms with Gasteiger partial charge in [-0.2, -0.15) is 0 Å². The fraction of sp³-hybridized carbons (Fsp3) is 0.211. The van der Waals surface area contributed by atoms with Crippen LogP contribution in [0.2, 0.25) is 10.0 Å². The zero-order valence-electron chi connectivity index (χ0n) is 14.1. The molecule has 0 aliphatic carbocycles. The summed E-state index contributed by atoms with van der Waals surface area (Å²) in [5.41, 5.74) is 0.862. The van der Waals surface area contributed by atoms with Crippen molar-refractivity contribution in [2.24, 2.45) is 0 Å². The van der Waals surface area contributed by atoms with Crippen LogP contribution in [0.3, 0.4) is 0 Å². The van der Waals surface area contributed by atoms with Crippen molar-refractivity contribution in [1.82, 2.24) is 5.32 Å². The molecule has 0 atom stereocenters. The maximum absolute atomic E-state index is 12.1. The van der Waals surface area contributed by atoms with Crippen LogP contribution in [0, 0.1) is 0 Å². The van der Waals surface area contributed by atoms with Crippen molar-refractivity contribution in [2.75, 3.05) is 20.3 Å². The topological polar surface area (TPSA) is 47.6 Å². The number of carbonyl (C=O) groups is 1. The third kappa shape index (κ3) is 4.68. The lowest BCUT2D eigenvalue weighted by molar-refractivity contribution is 0.0941. The first kappa shape index (κ1) is 19.0. The summed E-state index contributed by atoms with van der Waals surface area (Å²) >= 11 is 13.5. The highest BCUT2D eigenvalue weighted by molar-refractivity contribution is 7.20. The molecule has 0 aliphatic rings. The van der Waals surface area contributed by atoms with Crippen LogP contribution >= 0.6 is 34.5 Å². The third-order valence-electron chi connectivity index (χ3n) is 3.72. The largest absolute Gasteiger partial charge is 0.489 e. The molecule has 0 saturated carbocycles. The minimum atomic E-state index is -0.0985. The summed E-state index contributed by atoms with van der Waals surface area (Å²) < 4.78 is 11.8. The van der Waals surface area contributed by atoms with Gasteiger partial charge in [-0.3, -0.25) is 4.79 Å². The summed E-state index contributed by atoms with van der Waals surface area (Å²) in [4.78, 5) is 12.8. The highest BCUT2D eigenvalue weighted by Gasteiger charge is 2.11. The van der Waals surface area contributed by atoms with E-state index in [1.165, 1.54) is 11.3 Å². The zero-order valence-corrected chi connectivity index (χ0v) is 16.4. The van der Waals surface area contributed by atoms with Gasteiger partial charge in [0.15, 0.2) is 0 Å². The molecule has 1 N–H and O–H groups in total. The van der Waals surface area contributed by atoms with Crippen molar-refractivity contribution < 1.29 is 14.3 Å². The normalized spacial score (nSPS) is 10.9. The minimum Gasteiger partial charge on any atom is -0.489 e. The molecule has 2 aromatic carbocycles. The van der Waals surface area contributed by atoms with Gasteiger partial charge in [-0.15, -0.1) is 11.3 Å². The Kier molecular flexibility index (Phi) is 6.38. The van der Waals surface area contributed by atoms with E-state index in [0.717, 1.165) is 21.4 Å². The first-order valence-electron chi connectivity index (χ1n) is 7.94. The van der Waals surface area contributed by atoms with E-state index in [2.05, 4.69) is 5.32 Å². The number of rotatable bonds is 7. The number of halogens is 2. The number of ether oxygens (including phenoxy) is 2. The van der Waals surface area contributed by atoms with Crippen LogP contribution in [0.1, 0.15) is 15.2 Å². The number of nitrogens with one attached hydrogen (secondary N) is 1. The molecule has 0 fully saturated rings. The summed E-state index contributed by atoms with van der Waals surface area (Å²) in [6, 6.07) is 12.9. The Morgan fingerprint density at radius 3 is 2.77 bits per heavy atom. The Morgan fingerprint density at radius 2 is 2.00 bits per heavy atom. The number of thiophene rings is 1. The predicted molar refractivity (Wildman–Crippen MR) is 107 cm³/mol. The zero-order chi connectivity index (χ0) is 18.5. The molecule has 0 radical (unpaired) electrons. The first-order valence-corrected chi connectivity index (χ1v) is 9.51. The van der Waals surface area contributed by atoms with Gasteiger partial charge in [0.05, 0.1) is 11.5 Å². The number of methoxy groups -OCH3 is 1. The first-order chi connectivity index (χ1) is 12.6. The van der Waals surface area contributed by atoms with Crippen LogP contribution in [0.4, 0.5) is 0 Å². The molecule has 1 aromatic heterocycles. The third-order valence-corrected chi connectivity index (χ3v) is 5.40. The second-order valence-corrected chi connectivity index (χ2v) is 7.51. The lowest BCUT2D eigenvalue weighted by Gasteiger charge is -2.08. The summed E-state index contributed by atoms with van der Waals surface area (Å²) in [6.45, 7) is 1.32. The van der Waals surface area contributed by atoms with Gasteiger partial charge in [0.2, 0.25) is 0 Å². The Morgan fingerprint density at radius 1 is 1.15 bits per heavy atom. The Balaban J connectivity index is 1.69. The molecular weight excluding hydrogens is 393 g/mol. The number of amides is 1. The number of benzene rings is 2. The average molecular weight is 410 g/mol. The number of fused-ring (bicyclic) bond motifs is 1. The molecule has 7 heteroatoms. The lowest BCUT2D eigenvalue weighted by Crippen LogP contribution is -2.26. The standard InChI is InChI=1S/C19H17Cl2NO3S/c1-24-7-6-22-19(23)18-8-12-3-5-15(10-17(12)26-18)25-11-13-2-4-14(20)9-16(13)21/h2-5,8-10H,6-7,11H2,1H3,(H,22,23). The molecule has 1 heterocycles. The van der Waals surface area contributed by atoms with E-state index in [9.17, 15) is 4.79 Å².